The number of ketones is 1. The van der Waals surface area contributed by atoms with Crippen molar-refractivity contribution in [2.75, 3.05) is 6.61 Å². The van der Waals surface area contributed by atoms with Gasteiger partial charge >= 0.3 is 0 Å². The Morgan fingerprint density at radius 3 is 2.88 bits per heavy atom. The lowest BCUT2D eigenvalue weighted by molar-refractivity contribution is -0.128. The van der Waals surface area contributed by atoms with E-state index in [1.807, 2.05) is 12.1 Å². The van der Waals surface area contributed by atoms with E-state index in [1.165, 1.54) is 17.0 Å². The quantitative estimate of drug-likeness (QED) is 0.715. The van der Waals surface area contributed by atoms with Crippen molar-refractivity contribution in [2.24, 2.45) is 0 Å². The fraction of sp³-hybridized carbons (Fsp3) is 0.158. The molecule has 4 rings (SSSR count). The predicted molar refractivity (Wildman–Crippen MR) is 92.1 cm³/mol. The summed E-state index contributed by atoms with van der Waals surface area (Å²) in [5.41, 5.74) is 0.461. The van der Waals surface area contributed by atoms with Gasteiger partial charge in [0.2, 0.25) is 0 Å². The molecule has 1 aliphatic heterocycles. The van der Waals surface area contributed by atoms with Crippen LogP contribution in [-0.4, -0.2) is 28.0 Å². The van der Waals surface area contributed by atoms with Gasteiger partial charge in [-0.1, -0.05) is 12.1 Å². The number of hydrogen-bond donors (Lipinski definition) is 0. The monoisotopic (exact) mass is 347 g/mol. The molecule has 0 bridgehead atoms. The molecule has 7 heteroatoms. The van der Waals surface area contributed by atoms with Crippen molar-refractivity contribution in [3.05, 3.63) is 64.7 Å². The van der Waals surface area contributed by atoms with Crippen LogP contribution in [0.5, 0.6) is 11.5 Å². The Bertz CT molecular complexity index is 1110. The summed E-state index contributed by atoms with van der Waals surface area (Å²) in [7, 11) is 0. The second kappa shape index (κ2) is 6.33. The van der Waals surface area contributed by atoms with E-state index in [-0.39, 0.29) is 24.5 Å². The molecule has 26 heavy (non-hydrogen) atoms. The minimum absolute atomic E-state index is 0.0875. The van der Waals surface area contributed by atoms with Gasteiger partial charge in [-0.25, -0.2) is 4.98 Å². The molecule has 128 valence electrons. The lowest BCUT2D eigenvalue weighted by Crippen LogP contribution is -2.40. The van der Waals surface area contributed by atoms with Gasteiger partial charge in [0, 0.05) is 0 Å². The van der Waals surface area contributed by atoms with E-state index in [1.54, 1.807) is 30.3 Å². The number of carbonyl (C=O) groups excluding carboxylic acids is 1. The highest BCUT2D eigenvalue weighted by molar-refractivity contribution is 5.84. The maximum atomic E-state index is 12.6. The average molecular weight is 347 g/mol. The molecule has 2 heterocycles. The molecular formula is C19H13N3O4. The fourth-order valence-corrected chi connectivity index (χ4v) is 2.79. The Labute approximate surface area is 148 Å². The summed E-state index contributed by atoms with van der Waals surface area (Å²) >= 11 is 0. The number of nitriles is 1. The molecule has 2 aromatic carbocycles. The summed E-state index contributed by atoms with van der Waals surface area (Å²) in [5, 5.41) is 9.29. The van der Waals surface area contributed by atoms with E-state index in [9.17, 15) is 9.59 Å². The Morgan fingerprint density at radius 2 is 2.08 bits per heavy atom. The predicted octanol–water partition coefficient (Wildman–Crippen LogP) is 1.68. The molecule has 0 amide bonds. The Morgan fingerprint density at radius 1 is 1.27 bits per heavy atom. The Kier molecular flexibility index (Phi) is 3.86. The molecule has 0 saturated heterocycles. The molecule has 7 nitrogen and oxygen atoms in total. The second-order valence-corrected chi connectivity index (χ2v) is 5.85. The number of ether oxygens (including phenoxy) is 2. The first kappa shape index (κ1) is 15.8. The highest BCUT2D eigenvalue weighted by Crippen LogP contribution is 2.31. The number of para-hydroxylation sites is 2. The third kappa shape index (κ3) is 2.78. The highest BCUT2D eigenvalue weighted by Gasteiger charge is 2.27. The summed E-state index contributed by atoms with van der Waals surface area (Å²) in [6, 6.07) is 13.8. The van der Waals surface area contributed by atoms with Crippen LogP contribution in [0.4, 0.5) is 0 Å². The zero-order valence-corrected chi connectivity index (χ0v) is 13.6. The summed E-state index contributed by atoms with van der Waals surface area (Å²) < 4.78 is 12.4. The topological polar surface area (TPSA) is 94.2 Å². The van der Waals surface area contributed by atoms with Gasteiger partial charge in [-0.2, -0.15) is 5.26 Å². The van der Waals surface area contributed by atoms with Crippen molar-refractivity contribution >= 4 is 16.7 Å². The van der Waals surface area contributed by atoms with E-state index in [0.29, 0.717) is 28.0 Å². The van der Waals surface area contributed by atoms with Crippen LogP contribution in [0.2, 0.25) is 0 Å². The van der Waals surface area contributed by atoms with E-state index in [4.69, 9.17) is 14.7 Å². The van der Waals surface area contributed by atoms with Gasteiger partial charge in [-0.05, 0) is 30.3 Å². The van der Waals surface area contributed by atoms with E-state index < -0.39 is 6.10 Å². The van der Waals surface area contributed by atoms with Crippen LogP contribution in [-0.2, 0) is 11.3 Å². The first-order valence-electron chi connectivity index (χ1n) is 7.96. The number of carbonyl (C=O) groups is 1. The summed E-state index contributed by atoms with van der Waals surface area (Å²) in [4.78, 5) is 29.3. The standard InChI is InChI=1S/C19H13N3O4/c20-8-12-5-6-14-13(7-12)19(24)22(11-21-14)9-15(23)18-10-25-16-3-1-2-4-17(16)26-18/h1-7,11,18H,9-10H2. The van der Waals surface area contributed by atoms with E-state index >= 15 is 0 Å². The number of benzene rings is 2. The SMILES string of the molecule is N#Cc1ccc2ncn(CC(=O)C3COc4ccccc4O3)c(=O)c2c1. The number of hydrogen-bond acceptors (Lipinski definition) is 6. The minimum Gasteiger partial charge on any atom is -0.485 e. The first-order valence-corrected chi connectivity index (χ1v) is 7.96. The second-order valence-electron chi connectivity index (χ2n) is 5.85. The van der Waals surface area contributed by atoms with Crippen LogP contribution < -0.4 is 15.0 Å². The molecule has 0 fully saturated rings. The number of nitrogens with zero attached hydrogens (tertiary/aromatic N) is 3. The molecule has 3 aromatic rings. The Hall–Kier alpha value is -3.66. The molecule has 1 aromatic heterocycles. The van der Waals surface area contributed by atoms with Gasteiger partial charge in [0.05, 0.1) is 35.4 Å². The van der Waals surface area contributed by atoms with Crippen molar-refractivity contribution in [1.82, 2.24) is 9.55 Å². The zero-order chi connectivity index (χ0) is 18.1. The Balaban J connectivity index is 1.59. The van der Waals surface area contributed by atoms with Crippen LogP contribution in [0.3, 0.4) is 0 Å². The van der Waals surface area contributed by atoms with Crippen LogP contribution in [0.1, 0.15) is 5.56 Å². The maximum Gasteiger partial charge on any atom is 0.261 e. The van der Waals surface area contributed by atoms with Crippen molar-refractivity contribution in [3.63, 3.8) is 0 Å². The number of Topliss-reactive ketones (excluding diaryl/α,β-unsaturated/α-hetero) is 1. The summed E-state index contributed by atoms with van der Waals surface area (Å²) in [5.74, 6) is 0.795. The zero-order valence-electron chi connectivity index (χ0n) is 13.6. The van der Waals surface area contributed by atoms with Gasteiger partial charge < -0.3 is 9.47 Å². The minimum atomic E-state index is -0.794. The lowest BCUT2D eigenvalue weighted by Gasteiger charge is -2.25. The summed E-state index contributed by atoms with van der Waals surface area (Å²) in [6.07, 6.45) is 0.532. The molecule has 0 aliphatic carbocycles. The van der Waals surface area contributed by atoms with Gasteiger partial charge in [0.15, 0.2) is 23.4 Å². The van der Waals surface area contributed by atoms with Gasteiger partial charge in [-0.15, -0.1) is 0 Å². The van der Waals surface area contributed by atoms with Crippen molar-refractivity contribution in [3.8, 4) is 17.6 Å². The molecule has 0 radical (unpaired) electrons. The average Bonchev–Trinajstić information content (AvgIpc) is 2.69. The van der Waals surface area contributed by atoms with Crippen molar-refractivity contribution < 1.29 is 14.3 Å². The summed E-state index contributed by atoms with van der Waals surface area (Å²) in [6.45, 7) is -0.0983. The van der Waals surface area contributed by atoms with Crippen molar-refractivity contribution in [2.45, 2.75) is 12.6 Å². The van der Waals surface area contributed by atoms with Gasteiger partial charge in [-0.3, -0.25) is 14.2 Å². The van der Waals surface area contributed by atoms with Crippen LogP contribution in [0.25, 0.3) is 10.9 Å². The first-order chi connectivity index (χ1) is 12.7. The fourth-order valence-electron chi connectivity index (χ4n) is 2.79. The lowest BCUT2D eigenvalue weighted by atomic mass is 10.1. The molecular weight excluding hydrogens is 334 g/mol. The maximum absolute atomic E-state index is 12.6. The third-order valence-corrected chi connectivity index (χ3v) is 4.15. The van der Waals surface area contributed by atoms with Gasteiger partial charge in [0.1, 0.15) is 6.61 Å². The molecule has 0 saturated carbocycles. The van der Waals surface area contributed by atoms with E-state index in [2.05, 4.69) is 4.98 Å². The van der Waals surface area contributed by atoms with Gasteiger partial charge in [0.25, 0.3) is 5.56 Å². The van der Waals surface area contributed by atoms with Crippen LogP contribution in [0.15, 0.2) is 53.6 Å². The van der Waals surface area contributed by atoms with E-state index in [0.717, 1.165) is 0 Å². The largest absolute Gasteiger partial charge is 0.485 e. The van der Waals surface area contributed by atoms with Crippen LogP contribution >= 0.6 is 0 Å². The molecule has 0 spiro atoms. The molecule has 0 N–H and O–H groups in total. The third-order valence-electron chi connectivity index (χ3n) is 4.15. The smallest absolute Gasteiger partial charge is 0.261 e. The molecule has 1 unspecified atom stereocenters. The molecule has 1 atom stereocenters. The normalized spacial score (nSPS) is 15.4. The van der Waals surface area contributed by atoms with Crippen LogP contribution in [0, 0.1) is 11.3 Å². The number of rotatable bonds is 3. The number of fused-ring (bicyclic) bond motifs is 2. The highest BCUT2D eigenvalue weighted by atomic mass is 16.6. The number of aromatic nitrogens is 2. The van der Waals surface area contributed by atoms with Crippen molar-refractivity contribution in [1.29, 1.82) is 5.26 Å². The molecule has 1 aliphatic rings.